The van der Waals surface area contributed by atoms with E-state index in [1.165, 1.54) is 11.3 Å². The van der Waals surface area contributed by atoms with Crippen molar-refractivity contribution in [2.24, 2.45) is 5.92 Å². The predicted octanol–water partition coefficient (Wildman–Crippen LogP) is 8.09. The molecular formula is C31H32Cl2N2O3S. The average molecular weight is 584 g/mol. The third kappa shape index (κ3) is 7.07. The fraction of sp³-hybridized carbons (Fsp3) is 0.355. The number of nitrogens with zero attached hydrogens (tertiary/aromatic N) is 2. The van der Waals surface area contributed by atoms with Crippen molar-refractivity contribution < 1.29 is 14.2 Å². The smallest absolute Gasteiger partial charge is 0.207 e. The maximum atomic E-state index is 6.77. The topological polar surface area (TPSA) is 53.5 Å². The molecule has 0 unspecified atom stereocenters. The normalized spacial score (nSPS) is 23.1. The first-order valence-electron chi connectivity index (χ1n) is 13.2. The number of rotatable bonds is 10. The average Bonchev–Trinajstić information content (AvgIpc) is 3.38. The zero-order chi connectivity index (χ0) is 27.2. The second kappa shape index (κ2) is 13.4. The van der Waals surface area contributed by atoms with E-state index >= 15 is 0 Å². The molecule has 1 fully saturated rings. The van der Waals surface area contributed by atoms with Gasteiger partial charge in [-0.1, -0.05) is 110 Å². The molecule has 0 amide bonds. The summed E-state index contributed by atoms with van der Waals surface area (Å²) >= 11 is 14.0. The molecule has 5 nitrogen and oxygen atoms in total. The highest BCUT2D eigenvalue weighted by Gasteiger charge is 2.45. The Kier molecular flexibility index (Phi) is 9.66. The van der Waals surface area contributed by atoms with E-state index in [0.29, 0.717) is 29.1 Å². The highest BCUT2D eigenvalue weighted by molar-refractivity contribution is 7.15. The van der Waals surface area contributed by atoms with E-state index in [0.717, 1.165) is 33.7 Å². The van der Waals surface area contributed by atoms with E-state index in [1.807, 2.05) is 48.5 Å². The largest absolute Gasteiger partial charge is 0.370 e. The highest BCUT2D eigenvalue weighted by Crippen LogP contribution is 2.41. The minimum Gasteiger partial charge on any atom is -0.370 e. The second-order valence-electron chi connectivity index (χ2n) is 9.86. The molecule has 1 aliphatic rings. The predicted molar refractivity (Wildman–Crippen MR) is 156 cm³/mol. The molecule has 0 spiro atoms. The van der Waals surface area contributed by atoms with E-state index in [1.54, 1.807) is 0 Å². The first kappa shape index (κ1) is 28.2. The molecule has 2 heterocycles. The van der Waals surface area contributed by atoms with E-state index < -0.39 is 0 Å². The number of halogens is 2. The molecule has 1 aliphatic heterocycles. The van der Waals surface area contributed by atoms with Crippen molar-refractivity contribution in [2.45, 2.75) is 64.3 Å². The molecule has 204 valence electrons. The van der Waals surface area contributed by atoms with Crippen LogP contribution in [0.15, 0.2) is 78.9 Å². The minimum atomic E-state index is -0.329. The summed E-state index contributed by atoms with van der Waals surface area (Å²) in [5, 5.41) is 9.59. The van der Waals surface area contributed by atoms with Gasteiger partial charge in [0.05, 0.1) is 25.4 Å². The first-order chi connectivity index (χ1) is 19.0. The number of benzene rings is 3. The Morgan fingerprint density at radius 1 is 0.846 bits per heavy atom. The fourth-order valence-corrected chi connectivity index (χ4v) is 6.22. The van der Waals surface area contributed by atoms with Crippen LogP contribution in [0, 0.1) is 5.92 Å². The van der Waals surface area contributed by atoms with Crippen LogP contribution in [0.4, 0.5) is 0 Å². The van der Waals surface area contributed by atoms with Crippen molar-refractivity contribution in [1.29, 1.82) is 0 Å². The summed E-state index contributed by atoms with van der Waals surface area (Å²) in [5.74, 6) is 0.144. The van der Waals surface area contributed by atoms with Gasteiger partial charge in [0, 0.05) is 17.4 Å². The zero-order valence-electron chi connectivity index (χ0n) is 22.0. The van der Waals surface area contributed by atoms with Crippen LogP contribution >= 0.6 is 34.5 Å². The van der Waals surface area contributed by atoms with Crippen molar-refractivity contribution in [1.82, 2.24) is 10.2 Å². The van der Waals surface area contributed by atoms with Crippen LogP contribution in [-0.4, -0.2) is 28.5 Å². The maximum absolute atomic E-state index is 6.77. The Balaban J connectivity index is 1.46. The summed E-state index contributed by atoms with van der Waals surface area (Å²) in [6.45, 7) is 5.33. The summed E-state index contributed by atoms with van der Waals surface area (Å²) in [4.78, 5) is 0. The first-order valence-corrected chi connectivity index (χ1v) is 14.8. The van der Waals surface area contributed by atoms with Crippen LogP contribution in [-0.2, 0) is 33.8 Å². The van der Waals surface area contributed by atoms with Crippen LogP contribution in [0.25, 0.3) is 0 Å². The van der Waals surface area contributed by atoms with Crippen LogP contribution < -0.4 is 0 Å². The SMILES string of the molecule is CC[C@H]1O[C@@H](c2ccc(Cl)c(Cc3nnc(Cl)s3)c2)[C@H](OCc2ccccc2)[C@@H](OCc2ccccc2)[C@@H]1C. The van der Waals surface area contributed by atoms with Gasteiger partial charge in [0.2, 0.25) is 4.47 Å². The Hall–Kier alpha value is -2.32. The van der Waals surface area contributed by atoms with Gasteiger partial charge in [0.1, 0.15) is 17.2 Å². The molecule has 1 saturated heterocycles. The van der Waals surface area contributed by atoms with Crippen LogP contribution in [0.2, 0.25) is 9.49 Å². The lowest BCUT2D eigenvalue weighted by atomic mass is 9.84. The van der Waals surface area contributed by atoms with Gasteiger partial charge in [-0.05, 0) is 46.3 Å². The molecule has 1 aromatic heterocycles. The summed E-state index contributed by atoms with van der Waals surface area (Å²) in [7, 11) is 0. The van der Waals surface area contributed by atoms with Gasteiger partial charge in [-0.2, -0.15) is 0 Å². The molecular weight excluding hydrogens is 551 g/mol. The molecule has 5 rings (SSSR count). The van der Waals surface area contributed by atoms with Crippen LogP contribution in [0.3, 0.4) is 0 Å². The van der Waals surface area contributed by atoms with Gasteiger partial charge in [-0.25, -0.2) is 0 Å². The van der Waals surface area contributed by atoms with Crippen molar-refractivity contribution >= 4 is 34.5 Å². The van der Waals surface area contributed by atoms with E-state index in [4.69, 9.17) is 37.4 Å². The summed E-state index contributed by atoms with van der Waals surface area (Å²) < 4.78 is 20.5. The molecule has 8 heteroatoms. The Morgan fingerprint density at radius 2 is 1.49 bits per heavy atom. The third-order valence-corrected chi connectivity index (χ3v) is 8.59. The number of aromatic nitrogens is 2. The summed E-state index contributed by atoms with van der Waals surface area (Å²) in [6.07, 6.45) is 0.618. The van der Waals surface area contributed by atoms with Crippen LogP contribution in [0.5, 0.6) is 0 Å². The quantitative estimate of drug-likeness (QED) is 0.189. The maximum Gasteiger partial charge on any atom is 0.207 e. The molecule has 4 aromatic rings. The van der Waals surface area contributed by atoms with Crippen molar-refractivity contribution in [3.05, 3.63) is 116 Å². The molecule has 0 bridgehead atoms. The molecule has 0 N–H and O–H groups in total. The summed E-state index contributed by atoms with van der Waals surface area (Å²) in [6, 6.07) is 26.5. The van der Waals surface area contributed by atoms with Gasteiger partial charge in [0.25, 0.3) is 0 Å². The van der Waals surface area contributed by atoms with Crippen molar-refractivity contribution in [3.8, 4) is 0 Å². The monoisotopic (exact) mass is 582 g/mol. The van der Waals surface area contributed by atoms with Crippen molar-refractivity contribution in [2.75, 3.05) is 0 Å². The zero-order valence-corrected chi connectivity index (χ0v) is 24.3. The van der Waals surface area contributed by atoms with Gasteiger partial charge in [-0.3, -0.25) is 0 Å². The van der Waals surface area contributed by atoms with E-state index in [9.17, 15) is 0 Å². The molecule has 39 heavy (non-hydrogen) atoms. The number of ether oxygens (including phenoxy) is 3. The van der Waals surface area contributed by atoms with Crippen LogP contribution in [0.1, 0.15) is 53.6 Å². The van der Waals surface area contributed by atoms with Crippen molar-refractivity contribution in [3.63, 3.8) is 0 Å². The van der Waals surface area contributed by atoms with Gasteiger partial charge >= 0.3 is 0 Å². The molecule has 5 atom stereocenters. The summed E-state index contributed by atoms with van der Waals surface area (Å²) in [5.41, 5.74) is 4.18. The Morgan fingerprint density at radius 3 is 2.08 bits per heavy atom. The fourth-order valence-electron chi connectivity index (χ4n) is 5.15. The molecule has 0 saturated carbocycles. The lowest BCUT2D eigenvalue weighted by Gasteiger charge is -2.46. The van der Waals surface area contributed by atoms with Gasteiger partial charge < -0.3 is 14.2 Å². The third-order valence-electron chi connectivity index (χ3n) is 7.20. The lowest BCUT2D eigenvalue weighted by molar-refractivity contribution is -0.234. The second-order valence-corrected chi connectivity index (χ2v) is 11.9. The Labute approximate surface area is 244 Å². The Bertz CT molecular complexity index is 1340. The van der Waals surface area contributed by atoms with E-state index in [-0.39, 0.29) is 30.3 Å². The number of hydrogen-bond donors (Lipinski definition) is 0. The standard InChI is InChI=1S/C31H32Cl2N2O3S/c1-3-26-20(2)28(36-18-21-10-6-4-7-11-21)30(37-19-22-12-8-5-9-13-22)29(38-26)23-14-15-25(32)24(16-23)17-27-34-35-31(33)39-27/h4-16,20,26,28-30H,3,17-19H2,1-2H3/t20-,26-,28+,29+,30-/m1/s1. The lowest BCUT2D eigenvalue weighted by Crippen LogP contribution is -2.51. The van der Waals surface area contributed by atoms with E-state index in [2.05, 4.69) is 54.4 Å². The highest BCUT2D eigenvalue weighted by atomic mass is 35.5. The van der Waals surface area contributed by atoms with Gasteiger partial charge in [-0.15, -0.1) is 10.2 Å². The molecule has 0 aliphatic carbocycles. The minimum absolute atomic E-state index is 0.0217. The van der Waals surface area contributed by atoms with Gasteiger partial charge in [0.15, 0.2) is 0 Å². The number of hydrogen-bond acceptors (Lipinski definition) is 6. The molecule has 3 aromatic carbocycles. The molecule has 0 radical (unpaired) electrons.